The first-order valence-corrected chi connectivity index (χ1v) is 13.6. The average molecular weight is 569 g/mol. The molecule has 4 aromatic carbocycles. The van der Waals surface area contributed by atoms with E-state index in [1.165, 1.54) is 23.0 Å². The summed E-state index contributed by atoms with van der Waals surface area (Å²) in [4.78, 5) is 23.1. The van der Waals surface area contributed by atoms with Crippen molar-refractivity contribution < 1.29 is 18.3 Å². The molecular weight excluding hydrogens is 547 g/mol. The molecule has 0 saturated carbocycles. The largest absolute Gasteiger partial charge is 0.489 e. The fourth-order valence-electron chi connectivity index (χ4n) is 5.51. The van der Waals surface area contributed by atoms with Crippen LogP contribution in [-0.4, -0.2) is 19.6 Å². The highest BCUT2D eigenvalue weighted by Gasteiger charge is 2.37. The first kappa shape index (κ1) is 24.9. The Balaban J connectivity index is 1.33. The lowest BCUT2D eigenvalue weighted by Crippen LogP contribution is -2.22. The Kier molecular flexibility index (Phi) is 5.75. The van der Waals surface area contributed by atoms with E-state index >= 15 is 0 Å². The lowest BCUT2D eigenvalue weighted by atomic mass is 9.84. The second-order valence-corrected chi connectivity index (χ2v) is 10.2. The Hall–Kier alpha value is -5.83. The van der Waals surface area contributed by atoms with Crippen molar-refractivity contribution >= 4 is 16.6 Å². The molecule has 8 nitrogen and oxygen atoms in total. The molecule has 0 spiro atoms. The van der Waals surface area contributed by atoms with Crippen molar-refractivity contribution in [2.45, 2.75) is 12.5 Å². The van der Waals surface area contributed by atoms with E-state index < -0.39 is 11.5 Å². The van der Waals surface area contributed by atoms with Crippen molar-refractivity contribution in [1.29, 1.82) is 0 Å². The van der Waals surface area contributed by atoms with Gasteiger partial charge in [0.05, 0.1) is 22.4 Å². The number of para-hydroxylation sites is 1. The summed E-state index contributed by atoms with van der Waals surface area (Å²) in [6, 6.07) is 30.6. The van der Waals surface area contributed by atoms with Crippen molar-refractivity contribution in [3.05, 3.63) is 148 Å². The van der Waals surface area contributed by atoms with Gasteiger partial charge in [0.1, 0.15) is 30.1 Å². The molecule has 3 aromatic heterocycles. The number of hydrogen-bond donors (Lipinski definition) is 0. The Labute approximate surface area is 243 Å². The van der Waals surface area contributed by atoms with Gasteiger partial charge in [-0.05, 0) is 59.7 Å². The monoisotopic (exact) mass is 568 g/mol. The maximum absolute atomic E-state index is 13.7. The number of rotatable bonds is 5. The Morgan fingerprint density at radius 3 is 2.56 bits per heavy atom. The molecule has 0 amide bonds. The number of ether oxygens (including phenoxy) is 2. The van der Waals surface area contributed by atoms with E-state index in [2.05, 4.69) is 10.1 Å². The van der Waals surface area contributed by atoms with Crippen molar-refractivity contribution in [1.82, 2.24) is 19.6 Å². The van der Waals surface area contributed by atoms with Crippen LogP contribution in [0.5, 0.6) is 17.4 Å². The van der Waals surface area contributed by atoms with Gasteiger partial charge >= 0.3 is 5.63 Å². The fourth-order valence-corrected chi connectivity index (χ4v) is 5.51. The minimum Gasteiger partial charge on any atom is -0.489 e. The summed E-state index contributed by atoms with van der Waals surface area (Å²) in [6.45, 7) is 0.384. The molecule has 1 aliphatic heterocycles. The van der Waals surface area contributed by atoms with Gasteiger partial charge in [-0.3, -0.25) is 0 Å². The van der Waals surface area contributed by atoms with Crippen LogP contribution < -0.4 is 15.1 Å². The SMILES string of the molecule is O=c1oc2ccccc2c2c1C(c1cccc(OCc3ccccc3)c1)c1c(ncn3nc(-c4ccc(F)cc4)nc13)O2. The first-order chi connectivity index (χ1) is 21.1. The van der Waals surface area contributed by atoms with Crippen LogP contribution in [0, 0.1) is 5.82 Å². The molecule has 208 valence electrons. The van der Waals surface area contributed by atoms with Crippen LogP contribution in [0.2, 0.25) is 0 Å². The molecule has 0 bridgehead atoms. The normalized spacial score (nSPS) is 13.8. The number of halogens is 1. The third kappa shape index (κ3) is 4.29. The summed E-state index contributed by atoms with van der Waals surface area (Å²) in [5, 5.41) is 5.25. The summed E-state index contributed by atoms with van der Waals surface area (Å²) in [5.41, 5.74) is 3.64. The molecule has 0 fully saturated rings. The predicted molar refractivity (Wildman–Crippen MR) is 157 cm³/mol. The van der Waals surface area contributed by atoms with Gasteiger partial charge in [0.25, 0.3) is 0 Å². The summed E-state index contributed by atoms with van der Waals surface area (Å²) in [6.07, 6.45) is 1.52. The number of fused-ring (bicyclic) bond motifs is 6. The minimum absolute atomic E-state index is 0.300. The first-order valence-electron chi connectivity index (χ1n) is 13.6. The van der Waals surface area contributed by atoms with Crippen LogP contribution >= 0.6 is 0 Å². The summed E-state index contributed by atoms with van der Waals surface area (Å²) < 4.78 is 33.5. The van der Waals surface area contributed by atoms with E-state index in [1.807, 2.05) is 66.7 Å². The van der Waals surface area contributed by atoms with Crippen LogP contribution in [0.15, 0.2) is 119 Å². The van der Waals surface area contributed by atoms with Crippen LogP contribution in [0.25, 0.3) is 28.0 Å². The van der Waals surface area contributed by atoms with Crippen LogP contribution in [0.1, 0.15) is 28.2 Å². The van der Waals surface area contributed by atoms with E-state index in [9.17, 15) is 9.18 Å². The molecule has 0 aliphatic carbocycles. The standard InChI is InChI=1S/C34H21FN4O4/c35-23-15-13-21(14-16-23)31-37-32-29-27(22-9-6-10-24(17-22)41-18-20-7-2-1-3-8-20)28-30(43-33(29)36-19-39(32)38-31)25-11-4-5-12-26(25)42-34(28)40/h1-17,19,27H,18H2. The minimum atomic E-state index is -0.665. The molecule has 8 rings (SSSR count). The van der Waals surface area contributed by atoms with Gasteiger partial charge in [-0.25, -0.2) is 23.7 Å². The summed E-state index contributed by atoms with van der Waals surface area (Å²) >= 11 is 0. The Bertz CT molecular complexity index is 2210. The van der Waals surface area contributed by atoms with Crippen molar-refractivity contribution in [3.8, 4) is 28.8 Å². The second kappa shape index (κ2) is 9.92. The third-order valence-electron chi connectivity index (χ3n) is 7.50. The molecule has 9 heteroatoms. The second-order valence-electron chi connectivity index (χ2n) is 10.2. The van der Waals surface area contributed by atoms with Gasteiger partial charge in [0.15, 0.2) is 17.2 Å². The Morgan fingerprint density at radius 2 is 1.70 bits per heavy atom. The van der Waals surface area contributed by atoms with Crippen molar-refractivity contribution in [3.63, 3.8) is 0 Å². The lowest BCUT2D eigenvalue weighted by molar-refractivity contribution is 0.306. The average Bonchev–Trinajstić information content (AvgIpc) is 3.49. The van der Waals surface area contributed by atoms with Gasteiger partial charge in [-0.15, -0.1) is 5.10 Å². The summed E-state index contributed by atoms with van der Waals surface area (Å²) in [5.74, 6) is 0.676. The fraction of sp³-hybridized carbons (Fsp3) is 0.0588. The van der Waals surface area contributed by atoms with Gasteiger partial charge < -0.3 is 13.9 Å². The molecule has 1 unspecified atom stereocenters. The van der Waals surface area contributed by atoms with Gasteiger partial charge in [-0.2, -0.15) is 0 Å². The molecule has 43 heavy (non-hydrogen) atoms. The maximum Gasteiger partial charge on any atom is 0.344 e. The molecule has 7 aromatic rings. The molecule has 0 radical (unpaired) electrons. The van der Waals surface area contributed by atoms with Gasteiger partial charge in [0, 0.05) is 5.56 Å². The predicted octanol–water partition coefficient (Wildman–Crippen LogP) is 6.90. The lowest BCUT2D eigenvalue weighted by Gasteiger charge is -2.27. The number of benzene rings is 4. The van der Waals surface area contributed by atoms with E-state index in [4.69, 9.17) is 18.9 Å². The van der Waals surface area contributed by atoms with Crippen LogP contribution in [0.3, 0.4) is 0 Å². The topological polar surface area (TPSA) is 91.8 Å². The number of aromatic nitrogens is 4. The van der Waals surface area contributed by atoms with Crippen molar-refractivity contribution in [2.75, 3.05) is 0 Å². The number of hydrogen-bond acceptors (Lipinski definition) is 7. The zero-order chi connectivity index (χ0) is 28.9. The Morgan fingerprint density at radius 1 is 0.884 bits per heavy atom. The van der Waals surface area contributed by atoms with E-state index in [1.54, 1.807) is 24.3 Å². The quantitative estimate of drug-likeness (QED) is 0.209. The van der Waals surface area contributed by atoms with Gasteiger partial charge in [0.2, 0.25) is 5.88 Å². The maximum atomic E-state index is 13.7. The van der Waals surface area contributed by atoms with Crippen LogP contribution in [-0.2, 0) is 6.61 Å². The highest BCUT2D eigenvalue weighted by Crippen LogP contribution is 2.49. The summed E-state index contributed by atoms with van der Waals surface area (Å²) in [7, 11) is 0. The van der Waals surface area contributed by atoms with Gasteiger partial charge in [-0.1, -0.05) is 54.6 Å². The highest BCUT2D eigenvalue weighted by molar-refractivity contribution is 5.87. The molecule has 1 aliphatic rings. The highest BCUT2D eigenvalue weighted by atomic mass is 19.1. The van der Waals surface area contributed by atoms with E-state index in [0.717, 1.165) is 11.1 Å². The van der Waals surface area contributed by atoms with E-state index in [-0.39, 0.29) is 5.82 Å². The zero-order valence-electron chi connectivity index (χ0n) is 22.5. The smallest absolute Gasteiger partial charge is 0.344 e. The van der Waals surface area contributed by atoms with Crippen LogP contribution in [0.4, 0.5) is 4.39 Å². The van der Waals surface area contributed by atoms with E-state index in [0.29, 0.717) is 63.1 Å². The number of nitrogens with zero attached hydrogens (tertiary/aromatic N) is 4. The molecule has 4 heterocycles. The molecule has 0 N–H and O–H groups in total. The molecule has 1 atom stereocenters. The molecular formula is C34H21FN4O4. The zero-order valence-corrected chi connectivity index (χ0v) is 22.5. The van der Waals surface area contributed by atoms with Crippen molar-refractivity contribution in [2.24, 2.45) is 0 Å². The third-order valence-corrected chi connectivity index (χ3v) is 7.50. The molecule has 0 saturated heterocycles.